The van der Waals surface area contributed by atoms with Crippen LogP contribution in [0.1, 0.15) is 12.8 Å². The van der Waals surface area contributed by atoms with E-state index >= 15 is 0 Å². The van der Waals surface area contributed by atoms with Crippen LogP contribution in [0.2, 0.25) is 0 Å². The fourth-order valence-corrected chi connectivity index (χ4v) is 1.44. The quantitative estimate of drug-likeness (QED) is 0.681. The molecule has 0 spiro atoms. The zero-order chi connectivity index (χ0) is 13.3. The fourth-order valence-electron chi connectivity index (χ4n) is 1.44. The molecule has 1 aliphatic heterocycles. The molecule has 0 aromatic rings. The molecule has 1 fully saturated rings. The molecule has 9 heteroatoms. The molecule has 0 bridgehead atoms. The highest BCUT2D eigenvalue weighted by Crippen LogP contribution is 2.34. The highest BCUT2D eigenvalue weighted by molar-refractivity contribution is 5.75. The summed E-state index contributed by atoms with van der Waals surface area (Å²) in [6.45, 7) is -0.710. The summed E-state index contributed by atoms with van der Waals surface area (Å²) in [7, 11) is 0. The minimum absolute atomic E-state index is 0.355. The van der Waals surface area contributed by atoms with E-state index in [1.807, 2.05) is 0 Å². The number of hydrogen-bond donors (Lipinski definition) is 0. The molecule has 1 saturated heterocycles. The van der Waals surface area contributed by atoms with E-state index in [0.29, 0.717) is 5.06 Å². The van der Waals surface area contributed by atoms with Gasteiger partial charge in [0.1, 0.15) is 0 Å². The van der Waals surface area contributed by atoms with Gasteiger partial charge >= 0.3 is 18.3 Å². The highest BCUT2D eigenvalue weighted by atomic mass is 19.4. The van der Waals surface area contributed by atoms with E-state index < -0.39 is 24.2 Å². The maximum atomic E-state index is 12.2. The number of piperidine rings is 1. The molecule has 1 rings (SSSR count). The standard InChI is InChI=1S/C8H9F6NO2/c9-7(10,11)5-1-3-15(4-2-5)17-6(16)8(12,13)14/h5H,1-4H2. The first-order chi connectivity index (χ1) is 7.60. The van der Waals surface area contributed by atoms with Crippen LogP contribution in [0.15, 0.2) is 0 Å². The number of rotatable bonds is 1. The molecule has 0 aromatic carbocycles. The van der Waals surface area contributed by atoms with Gasteiger partial charge in [-0.05, 0) is 12.8 Å². The lowest BCUT2D eigenvalue weighted by Crippen LogP contribution is -2.42. The maximum Gasteiger partial charge on any atom is 0.492 e. The molecule has 0 atom stereocenters. The van der Waals surface area contributed by atoms with Crippen LogP contribution >= 0.6 is 0 Å². The van der Waals surface area contributed by atoms with E-state index in [1.165, 1.54) is 0 Å². The summed E-state index contributed by atoms with van der Waals surface area (Å²) in [5, 5.41) is 0.609. The summed E-state index contributed by atoms with van der Waals surface area (Å²) in [6.07, 6.45) is -10.3. The molecule has 0 aromatic heterocycles. The number of alkyl halides is 6. The Morgan fingerprint density at radius 1 is 1.06 bits per heavy atom. The molecule has 1 heterocycles. The average Bonchev–Trinajstić information content (AvgIpc) is 2.15. The van der Waals surface area contributed by atoms with E-state index in [9.17, 15) is 31.1 Å². The van der Waals surface area contributed by atoms with Crippen LogP contribution in [0.4, 0.5) is 26.3 Å². The van der Waals surface area contributed by atoms with Gasteiger partial charge in [0.2, 0.25) is 0 Å². The Bertz CT molecular complexity index is 279. The molecule has 1 aliphatic rings. The van der Waals surface area contributed by atoms with Crippen molar-refractivity contribution in [2.75, 3.05) is 13.1 Å². The molecule has 0 radical (unpaired) electrons. The lowest BCUT2D eigenvalue weighted by atomic mass is 9.97. The zero-order valence-electron chi connectivity index (χ0n) is 8.44. The normalized spacial score (nSPS) is 20.4. The third kappa shape index (κ3) is 4.06. The summed E-state index contributed by atoms with van der Waals surface area (Å²) < 4.78 is 72.0. The van der Waals surface area contributed by atoms with Crippen LogP contribution in [0, 0.1) is 5.92 Å². The third-order valence-corrected chi connectivity index (χ3v) is 2.36. The van der Waals surface area contributed by atoms with Crippen LogP contribution < -0.4 is 0 Å². The van der Waals surface area contributed by atoms with Crippen LogP contribution in [-0.4, -0.2) is 36.5 Å². The Morgan fingerprint density at radius 3 is 1.88 bits per heavy atom. The average molecular weight is 265 g/mol. The summed E-state index contributed by atoms with van der Waals surface area (Å²) in [5.41, 5.74) is 0. The first-order valence-corrected chi connectivity index (χ1v) is 4.71. The Balaban J connectivity index is 2.41. The summed E-state index contributed by atoms with van der Waals surface area (Å²) >= 11 is 0. The van der Waals surface area contributed by atoms with E-state index in [2.05, 4.69) is 4.84 Å². The van der Waals surface area contributed by atoms with Crippen LogP contribution in [0.5, 0.6) is 0 Å². The summed E-state index contributed by atoms with van der Waals surface area (Å²) in [6, 6.07) is 0. The summed E-state index contributed by atoms with van der Waals surface area (Å²) in [4.78, 5) is 14.3. The molecule has 0 unspecified atom stereocenters. The highest BCUT2D eigenvalue weighted by Gasteiger charge is 2.45. The van der Waals surface area contributed by atoms with E-state index in [1.54, 1.807) is 0 Å². The van der Waals surface area contributed by atoms with Crippen molar-refractivity contribution in [3.05, 3.63) is 0 Å². The molecule has 0 aliphatic carbocycles. The number of carbonyl (C=O) groups is 1. The largest absolute Gasteiger partial charge is 0.492 e. The minimum Gasteiger partial charge on any atom is -0.361 e. The molecular formula is C8H9F6NO2. The first kappa shape index (κ1) is 14.1. The predicted octanol–water partition coefficient (Wildman–Crippen LogP) is 2.28. The molecule has 0 amide bonds. The van der Waals surface area contributed by atoms with Gasteiger partial charge in [-0.3, -0.25) is 0 Å². The van der Waals surface area contributed by atoms with Crippen molar-refractivity contribution in [2.45, 2.75) is 25.2 Å². The SMILES string of the molecule is O=C(ON1CCC(C(F)(F)F)CC1)C(F)(F)F. The van der Waals surface area contributed by atoms with Crippen molar-refractivity contribution < 1.29 is 36.0 Å². The second-order valence-electron chi connectivity index (χ2n) is 3.62. The number of carbonyl (C=O) groups excluding carboxylic acids is 1. The van der Waals surface area contributed by atoms with Gasteiger partial charge in [-0.15, -0.1) is 5.06 Å². The van der Waals surface area contributed by atoms with Crippen molar-refractivity contribution >= 4 is 5.97 Å². The van der Waals surface area contributed by atoms with Gasteiger partial charge in [-0.25, -0.2) is 4.79 Å². The molecule has 3 nitrogen and oxygen atoms in total. The lowest BCUT2D eigenvalue weighted by molar-refractivity contribution is -0.251. The number of nitrogens with zero attached hydrogens (tertiary/aromatic N) is 1. The van der Waals surface area contributed by atoms with Gasteiger partial charge in [0.05, 0.1) is 5.92 Å². The molecule has 17 heavy (non-hydrogen) atoms. The number of hydrogen-bond acceptors (Lipinski definition) is 3. The molecule has 100 valence electrons. The monoisotopic (exact) mass is 265 g/mol. The summed E-state index contributed by atoms with van der Waals surface area (Å²) in [5.74, 6) is -3.97. The number of halogens is 6. The smallest absolute Gasteiger partial charge is 0.361 e. The molecular weight excluding hydrogens is 256 g/mol. The Labute approximate surface area is 92.3 Å². The van der Waals surface area contributed by atoms with Crippen LogP contribution in [-0.2, 0) is 9.63 Å². The van der Waals surface area contributed by atoms with Crippen molar-refractivity contribution in [1.29, 1.82) is 0 Å². The van der Waals surface area contributed by atoms with Gasteiger partial charge < -0.3 is 4.84 Å². The van der Waals surface area contributed by atoms with E-state index in [4.69, 9.17) is 0 Å². The van der Waals surface area contributed by atoms with Crippen molar-refractivity contribution in [2.24, 2.45) is 5.92 Å². The van der Waals surface area contributed by atoms with Crippen molar-refractivity contribution in [3.8, 4) is 0 Å². The minimum atomic E-state index is -5.14. The maximum absolute atomic E-state index is 12.2. The predicted molar refractivity (Wildman–Crippen MR) is 42.5 cm³/mol. The van der Waals surface area contributed by atoms with E-state index in [-0.39, 0.29) is 25.9 Å². The second kappa shape index (κ2) is 4.71. The van der Waals surface area contributed by atoms with Gasteiger partial charge in [0, 0.05) is 13.1 Å². The van der Waals surface area contributed by atoms with Gasteiger partial charge in [-0.2, -0.15) is 26.3 Å². The van der Waals surface area contributed by atoms with Crippen LogP contribution in [0.25, 0.3) is 0 Å². The lowest BCUT2D eigenvalue weighted by Gasteiger charge is -2.31. The molecule has 0 saturated carbocycles. The Hall–Kier alpha value is -0.990. The van der Waals surface area contributed by atoms with Crippen molar-refractivity contribution in [1.82, 2.24) is 5.06 Å². The van der Waals surface area contributed by atoms with Gasteiger partial charge in [0.25, 0.3) is 0 Å². The number of hydroxylamine groups is 2. The van der Waals surface area contributed by atoms with Crippen molar-refractivity contribution in [3.63, 3.8) is 0 Å². The Morgan fingerprint density at radius 2 is 1.53 bits per heavy atom. The zero-order valence-corrected chi connectivity index (χ0v) is 8.44. The second-order valence-corrected chi connectivity index (χ2v) is 3.62. The molecule has 0 N–H and O–H groups in total. The first-order valence-electron chi connectivity index (χ1n) is 4.71. The van der Waals surface area contributed by atoms with E-state index in [0.717, 1.165) is 0 Å². The topological polar surface area (TPSA) is 29.5 Å². The van der Waals surface area contributed by atoms with Crippen LogP contribution in [0.3, 0.4) is 0 Å². The fraction of sp³-hybridized carbons (Fsp3) is 0.875. The Kier molecular flexibility index (Phi) is 3.90. The third-order valence-electron chi connectivity index (χ3n) is 2.36. The van der Waals surface area contributed by atoms with Gasteiger partial charge in [-0.1, -0.05) is 0 Å². The van der Waals surface area contributed by atoms with Gasteiger partial charge in [0.15, 0.2) is 0 Å².